The predicted molar refractivity (Wildman–Crippen MR) is 93.8 cm³/mol. The molecule has 0 saturated heterocycles. The van der Waals surface area contributed by atoms with Gasteiger partial charge in [0.1, 0.15) is 0 Å². The molecule has 24 heavy (non-hydrogen) atoms. The van der Waals surface area contributed by atoms with Crippen LogP contribution in [0.5, 0.6) is 0 Å². The highest BCUT2D eigenvalue weighted by molar-refractivity contribution is 7.99. The second-order valence-electron chi connectivity index (χ2n) is 5.35. The van der Waals surface area contributed by atoms with Crippen molar-refractivity contribution in [2.24, 2.45) is 0 Å². The van der Waals surface area contributed by atoms with E-state index in [-0.39, 0.29) is 22.3 Å². The number of aliphatic carboxylic acids is 1. The molecule has 1 aromatic carbocycles. The number of benzene rings is 1. The summed E-state index contributed by atoms with van der Waals surface area (Å²) in [5, 5.41) is 11.2. The number of hydrogen-bond donors (Lipinski definition) is 2. The first kappa shape index (κ1) is 20.5. The van der Waals surface area contributed by atoms with Crippen LogP contribution >= 0.6 is 11.8 Å². The number of carboxylic acids is 1. The number of carbonyl (C=O) groups is 2. The molecule has 1 rings (SSSR count). The Morgan fingerprint density at radius 2 is 2.00 bits per heavy atom. The maximum atomic E-state index is 12.4. The summed E-state index contributed by atoms with van der Waals surface area (Å²) in [6.45, 7) is 3.84. The van der Waals surface area contributed by atoms with Gasteiger partial charge in [-0.05, 0) is 32.0 Å². The zero-order valence-electron chi connectivity index (χ0n) is 13.9. The SMILES string of the molecule is CC(C)N(C)S(=O)(=O)c1cccc(C(=O)NCCSCC(=O)O)c1. The molecule has 9 heteroatoms. The molecule has 0 aromatic heterocycles. The van der Waals surface area contributed by atoms with Crippen LogP contribution in [0.4, 0.5) is 0 Å². The van der Waals surface area contributed by atoms with Gasteiger partial charge >= 0.3 is 5.97 Å². The largest absolute Gasteiger partial charge is 0.481 e. The van der Waals surface area contributed by atoms with E-state index in [2.05, 4.69) is 5.32 Å². The standard InChI is InChI=1S/C15H22N2O5S2/c1-11(2)17(3)24(21,22)13-6-4-5-12(9-13)15(20)16-7-8-23-10-14(18)19/h4-6,9,11H,7-8,10H2,1-3H3,(H,16,20)(H,18,19). The van der Waals surface area contributed by atoms with Crippen molar-refractivity contribution in [1.29, 1.82) is 0 Å². The van der Waals surface area contributed by atoms with Gasteiger partial charge in [0.25, 0.3) is 5.91 Å². The molecule has 0 aliphatic rings. The van der Waals surface area contributed by atoms with Gasteiger partial charge in [0.2, 0.25) is 10.0 Å². The normalized spacial score (nSPS) is 11.7. The molecule has 0 saturated carbocycles. The summed E-state index contributed by atoms with van der Waals surface area (Å²) >= 11 is 1.20. The van der Waals surface area contributed by atoms with Crippen molar-refractivity contribution in [3.05, 3.63) is 29.8 Å². The van der Waals surface area contributed by atoms with Gasteiger partial charge in [0.05, 0.1) is 10.6 Å². The van der Waals surface area contributed by atoms with E-state index in [1.165, 1.54) is 47.4 Å². The quantitative estimate of drug-likeness (QED) is 0.631. The Bertz CT molecular complexity index is 689. The van der Waals surface area contributed by atoms with Crippen molar-refractivity contribution in [2.75, 3.05) is 25.1 Å². The fourth-order valence-corrected chi connectivity index (χ4v) is 3.72. The van der Waals surface area contributed by atoms with E-state index in [9.17, 15) is 18.0 Å². The van der Waals surface area contributed by atoms with Crippen LogP contribution in [-0.2, 0) is 14.8 Å². The minimum Gasteiger partial charge on any atom is -0.481 e. The molecule has 7 nitrogen and oxygen atoms in total. The van der Waals surface area contributed by atoms with Crippen molar-refractivity contribution in [2.45, 2.75) is 24.8 Å². The summed E-state index contributed by atoms with van der Waals surface area (Å²) in [5.74, 6) is -0.856. The highest BCUT2D eigenvalue weighted by atomic mass is 32.2. The lowest BCUT2D eigenvalue weighted by molar-refractivity contribution is -0.133. The predicted octanol–water partition coefficient (Wildman–Crippen LogP) is 1.26. The second-order valence-corrected chi connectivity index (χ2v) is 8.45. The molecule has 0 spiro atoms. The van der Waals surface area contributed by atoms with Gasteiger partial charge in [-0.15, -0.1) is 11.8 Å². The smallest absolute Gasteiger partial charge is 0.313 e. The van der Waals surface area contributed by atoms with Crippen LogP contribution < -0.4 is 5.32 Å². The number of nitrogens with zero attached hydrogens (tertiary/aromatic N) is 1. The van der Waals surface area contributed by atoms with Crippen LogP contribution in [0.3, 0.4) is 0 Å². The number of rotatable bonds is 9. The third-order valence-electron chi connectivity index (χ3n) is 3.26. The van der Waals surface area contributed by atoms with Crippen LogP contribution in [0.2, 0.25) is 0 Å². The monoisotopic (exact) mass is 374 g/mol. The van der Waals surface area contributed by atoms with Crippen molar-refractivity contribution in [3.8, 4) is 0 Å². The first-order valence-corrected chi connectivity index (χ1v) is 9.91. The second kappa shape index (κ2) is 9.05. The Labute approximate surface area is 146 Å². The zero-order valence-corrected chi connectivity index (χ0v) is 15.5. The van der Waals surface area contributed by atoms with E-state index in [0.29, 0.717) is 12.3 Å². The van der Waals surface area contributed by atoms with E-state index in [0.717, 1.165) is 0 Å². The van der Waals surface area contributed by atoms with Gasteiger partial charge in [0, 0.05) is 31.0 Å². The first-order chi connectivity index (χ1) is 11.2. The maximum absolute atomic E-state index is 12.4. The summed E-state index contributed by atoms with van der Waals surface area (Å²) in [6.07, 6.45) is 0. The number of carboxylic acid groups (broad SMARTS) is 1. The lowest BCUT2D eigenvalue weighted by atomic mass is 10.2. The van der Waals surface area contributed by atoms with Crippen LogP contribution in [0.25, 0.3) is 0 Å². The fraction of sp³-hybridized carbons (Fsp3) is 0.467. The van der Waals surface area contributed by atoms with Crippen molar-refractivity contribution >= 4 is 33.7 Å². The van der Waals surface area contributed by atoms with Gasteiger partial charge in [-0.3, -0.25) is 9.59 Å². The summed E-state index contributed by atoms with van der Waals surface area (Å²) < 4.78 is 26.1. The minimum absolute atomic E-state index is 0.0227. The molecule has 0 bridgehead atoms. The Morgan fingerprint density at radius 3 is 2.58 bits per heavy atom. The molecular formula is C15H22N2O5S2. The molecular weight excluding hydrogens is 352 g/mol. The summed E-state index contributed by atoms with van der Waals surface area (Å²) in [6, 6.07) is 5.66. The Kier molecular flexibility index (Phi) is 7.71. The van der Waals surface area contributed by atoms with E-state index in [4.69, 9.17) is 5.11 Å². The highest BCUT2D eigenvalue weighted by Gasteiger charge is 2.23. The van der Waals surface area contributed by atoms with E-state index in [1.54, 1.807) is 13.8 Å². The fourth-order valence-electron chi connectivity index (χ4n) is 1.74. The first-order valence-electron chi connectivity index (χ1n) is 7.32. The van der Waals surface area contributed by atoms with Gasteiger partial charge in [-0.25, -0.2) is 8.42 Å². The molecule has 2 N–H and O–H groups in total. The molecule has 1 amide bonds. The summed E-state index contributed by atoms with van der Waals surface area (Å²) in [5.41, 5.74) is 0.247. The highest BCUT2D eigenvalue weighted by Crippen LogP contribution is 2.17. The van der Waals surface area contributed by atoms with E-state index in [1.807, 2.05) is 0 Å². The molecule has 0 aliphatic carbocycles. The van der Waals surface area contributed by atoms with Gasteiger partial charge < -0.3 is 10.4 Å². The Hall–Kier alpha value is -1.58. The average Bonchev–Trinajstić information content (AvgIpc) is 2.53. The maximum Gasteiger partial charge on any atom is 0.313 e. The molecule has 1 aromatic rings. The van der Waals surface area contributed by atoms with Crippen LogP contribution in [0, 0.1) is 0 Å². The molecule has 0 atom stereocenters. The number of thioether (sulfide) groups is 1. The lowest BCUT2D eigenvalue weighted by Gasteiger charge is -2.21. The molecule has 0 heterocycles. The number of carbonyl (C=O) groups excluding carboxylic acids is 1. The van der Waals surface area contributed by atoms with Gasteiger partial charge in [-0.1, -0.05) is 6.07 Å². The molecule has 0 radical (unpaired) electrons. The molecule has 134 valence electrons. The summed E-state index contributed by atoms with van der Waals surface area (Å²) in [7, 11) is -2.16. The Balaban J connectivity index is 2.74. The number of sulfonamides is 1. The van der Waals surface area contributed by atoms with E-state index >= 15 is 0 Å². The number of nitrogens with one attached hydrogen (secondary N) is 1. The van der Waals surface area contributed by atoms with Gasteiger partial charge in [0.15, 0.2) is 0 Å². The zero-order chi connectivity index (χ0) is 18.3. The topological polar surface area (TPSA) is 104 Å². The van der Waals surface area contributed by atoms with Crippen molar-refractivity contribution in [3.63, 3.8) is 0 Å². The van der Waals surface area contributed by atoms with E-state index < -0.39 is 21.9 Å². The number of hydrogen-bond acceptors (Lipinski definition) is 5. The molecule has 0 unspecified atom stereocenters. The third kappa shape index (κ3) is 5.81. The van der Waals surface area contributed by atoms with Crippen LogP contribution in [0.15, 0.2) is 29.2 Å². The Morgan fingerprint density at radius 1 is 1.33 bits per heavy atom. The summed E-state index contributed by atoms with van der Waals surface area (Å²) in [4.78, 5) is 22.5. The van der Waals surface area contributed by atoms with Crippen molar-refractivity contribution < 1.29 is 23.1 Å². The molecule has 0 fully saturated rings. The van der Waals surface area contributed by atoms with Crippen LogP contribution in [0.1, 0.15) is 24.2 Å². The van der Waals surface area contributed by atoms with Gasteiger partial charge in [-0.2, -0.15) is 4.31 Å². The average molecular weight is 374 g/mol. The van der Waals surface area contributed by atoms with Crippen molar-refractivity contribution in [1.82, 2.24) is 9.62 Å². The molecule has 0 aliphatic heterocycles. The number of amides is 1. The van der Waals surface area contributed by atoms with Crippen LogP contribution in [-0.4, -0.2) is 60.8 Å². The minimum atomic E-state index is -3.65. The third-order valence-corrected chi connectivity index (χ3v) is 6.23. The lowest BCUT2D eigenvalue weighted by Crippen LogP contribution is -2.33.